The first-order valence-electron chi connectivity index (χ1n) is 9.14. The number of nitrogens with zero attached hydrogens (tertiary/aromatic N) is 2. The van der Waals surface area contributed by atoms with Gasteiger partial charge < -0.3 is 20.9 Å². The van der Waals surface area contributed by atoms with Gasteiger partial charge in [-0.3, -0.25) is 0 Å². The second-order valence-electron chi connectivity index (χ2n) is 7.29. The molecule has 2 heterocycles. The number of aromatic nitrogens is 2. The van der Waals surface area contributed by atoms with Crippen molar-refractivity contribution in [3.05, 3.63) is 40.8 Å². The maximum atomic E-state index is 13.7. The van der Waals surface area contributed by atoms with Crippen LogP contribution in [0.5, 0.6) is 0 Å². The van der Waals surface area contributed by atoms with E-state index in [4.69, 9.17) is 10.5 Å². The van der Waals surface area contributed by atoms with E-state index in [1.807, 2.05) is 0 Å². The zero-order valence-corrected chi connectivity index (χ0v) is 14.9. The molecule has 3 atom stereocenters. The zero-order valence-electron chi connectivity index (χ0n) is 14.9. The number of hydrogen-bond acceptors (Lipinski definition) is 5. The molecule has 1 aromatic carbocycles. The molecule has 1 aromatic heterocycles. The zero-order chi connectivity index (χ0) is 18.3. The van der Waals surface area contributed by atoms with Crippen molar-refractivity contribution in [3.8, 4) is 0 Å². The smallest absolute Gasteiger partial charge is 0.156 e. The summed E-state index contributed by atoms with van der Waals surface area (Å²) in [6, 6.07) is 4.64. The highest BCUT2D eigenvalue weighted by atomic mass is 19.1. The number of nitrogen functional groups attached to an aromatic ring is 1. The van der Waals surface area contributed by atoms with Crippen molar-refractivity contribution >= 4 is 11.5 Å². The van der Waals surface area contributed by atoms with E-state index in [1.165, 1.54) is 16.8 Å². The van der Waals surface area contributed by atoms with Gasteiger partial charge in [-0.25, -0.2) is 9.07 Å². The predicted molar refractivity (Wildman–Crippen MR) is 97.5 cm³/mol. The molecule has 3 unspecified atom stereocenters. The summed E-state index contributed by atoms with van der Waals surface area (Å²) in [5.41, 5.74) is 9.96. The van der Waals surface area contributed by atoms with Gasteiger partial charge in [-0.1, -0.05) is 0 Å². The number of aliphatic hydroxyl groups excluding tert-OH is 1. The van der Waals surface area contributed by atoms with Gasteiger partial charge in [-0.15, -0.1) is 0 Å². The van der Waals surface area contributed by atoms with E-state index in [1.54, 1.807) is 13.2 Å². The van der Waals surface area contributed by atoms with E-state index < -0.39 is 6.23 Å². The van der Waals surface area contributed by atoms with Crippen molar-refractivity contribution in [3.63, 3.8) is 0 Å². The highest BCUT2D eigenvalue weighted by Crippen LogP contribution is 2.40. The molecule has 1 aliphatic heterocycles. The van der Waals surface area contributed by atoms with Crippen LogP contribution in [0.25, 0.3) is 0 Å². The maximum absolute atomic E-state index is 13.7. The van der Waals surface area contributed by atoms with E-state index in [0.29, 0.717) is 24.8 Å². The third-order valence-electron chi connectivity index (χ3n) is 5.61. The molecule has 0 spiro atoms. The number of ether oxygens (including phenoxy) is 1. The lowest BCUT2D eigenvalue weighted by atomic mass is 9.87. The number of aryl methyl sites for hydroxylation is 1. The first-order chi connectivity index (χ1) is 12.6. The molecular weight excluding hydrogens is 335 g/mol. The molecule has 0 bridgehead atoms. The third-order valence-corrected chi connectivity index (χ3v) is 5.61. The summed E-state index contributed by atoms with van der Waals surface area (Å²) in [6.07, 6.45) is 2.44. The van der Waals surface area contributed by atoms with Crippen LogP contribution in [0.4, 0.5) is 15.9 Å². The van der Waals surface area contributed by atoms with Crippen molar-refractivity contribution in [1.82, 2.24) is 9.78 Å². The molecule has 4 rings (SSSR count). The summed E-state index contributed by atoms with van der Waals surface area (Å²) < 4.78 is 20.6. The Hall–Kier alpha value is -2.12. The van der Waals surface area contributed by atoms with Crippen molar-refractivity contribution < 1.29 is 14.2 Å². The van der Waals surface area contributed by atoms with Gasteiger partial charge in [-0.2, -0.15) is 5.10 Å². The quantitative estimate of drug-likeness (QED) is 0.780. The number of rotatable bonds is 4. The van der Waals surface area contributed by atoms with Crippen LogP contribution in [0, 0.1) is 11.7 Å². The minimum atomic E-state index is -0.913. The number of nitrogens with two attached hydrogens (primary N) is 1. The molecule has 0 radical (unpaired) electrons. The van der Waals surface area contributed by atoms with E-state index in [0.717, 1.165) is 48.3 Å². The molecule has 140 valence electrons. The third kappa shape index (κ3) is 2.95. The Balaban J connectivity index is 1.65. The SMILES string of the molecule is COCC1CCc2nn(C(O)C3CCNc4ccc(F)cc43)c(N)c2C1. The molecule has 7 heteroatoms. The van der Waals surface area contributed by atoms with Crippen LogP contribution >= 0.6 is 0 Å². The standard InChI is InChI=1S/C19H25FN4O2/c1-26-10-11-2-4-17-15(8-11)18(21)24(23-17)19(25)13-6-7-22-16-5-3-12(20)9-14(13)16/h3,5,9,11,13,19,22,25H,2,4,6-8,10,21H2,1H3. The molecule has 1 aliphatic carbocycles. The molecule has 0 fully saturated rings. The first kappa shape index (κ1) is 17.3. The topological polar surface area (TPSA) is 85.3 Å². The molecule has 2 aliphatic rings. The molecular formula is C19H25FN4O2. The first-order valence-corrected chi connectivity index (χ1v) is 9.14. The van der Waals surface area contributed by atoms with Crippen molar-refractivity contribution in [1.29, 1.82) is 0 Å². The number of methoxy groups -OCH3 is 1. The van der Waals surface area contributed by atoms with Crippen LogP contribution in [-0.4, -0.2) is 35.1 Å². The highest BCUT2D eigenvalue weighted by molar-refractivity contribution is 5.55. The molecule has 0 saturated heterocycles. The lowest BCUT2D eigenvalue weighted by Gasteiger charge is -2.30. The minimum Gasteiger partial charge on any atom is -0.385 e. The number of nitrogens with one attached hydrogen (secondary N) is 1. The van der Waals surface area contributed by atoms with Crippen LogP contribution in [0.3, 0.4) is 0 Å². The van der Waals surface area contributed by atoms with Crippen molar-refractivity contribution in [2.75, 3.05) is 31.3 Å². The summed E-state index contributed by atoms with van der Waals surface area (Å²) in [7, 11) is 1.71. The van der Waals surface area contributed by atoms with Gasteiger partial charge in [-0.05, 0) is 55.4 Å². The Labute approximate surface area is 152 Å². The molecule has 2 aromatic rings. The second-order valence-corrected chi connectivity index (χ2v) is 7.29. The van der Waals surface area contributed by atoms with Crippen LogP contribution in [0.15, 0.2) is 18.2 Å². The van der Waals surface area contributed by atoms with Crippen LogP contribution in [-0.2, 0) is 17.6 Å². The summed E-state index contributed by atoms with van der Waals surface area (Å²) in [6.45, 7) is 1.42. The van der Waals surface area contributed by atoms with Crippen LogP contribution in [0.2, 0.25) is 0 Å². The number of halogens is 1. The largest absolute Gasteiger partial charge is 0.385 e. The van der Waals surface area contributed by atoms with Crippen molar-refractivity contribution in [2.45, 2.75) is 37.8 Å². The number of aliphatic hydroxyl groups is 1. The molecule has 0 amide bonds. The molecule has 4 N–H and O–H groups in total. The lowest BCUT2D eigenvalue weighted by Crippen LogP contribution is -2.26. The summed E-state index contributed by atoms with van der Waals surface area (Å²) in [5.74, 6) is 0.392. The summed E-state index contributed by atoms with van der Waals surface area (Å²) in [4.78, 5) is 0. The summed E-state index contributed by atoms with van der Waals surface area (Å²) in [5, 5.41) is 18.9. The number of fused-ring (bicyclic) bond motifs is 2. The number of hydrogen-bond donors (Lipinski definition) is 3. The molecule has 6 nitrogen and oxygen atoms in total. The van der Waals surface area contributed by atoms with Gasteiger partial charge in [0.15, 0.2) is 6.23 Å². The maximum Gasteiger partial charge on any atom is 0.156 e. The number of anilines is 2. The Bertz CT molecular complexity index is 807. The predicted octanol–water partition coefficient (Wildman–Crippen LogP) is 2.45. The normalized spacial score (nSPS) is 23.0. The van der Waals surface area contributed by atoms with E-state index in [-0.39, 0.29) is 11.7 Å². The van der Waals surface area contributed by atoms with Gasteiger partial charge in [0.25, 0.3) is 0 Å². The Morgan fingerprint density at radius 2 is 2.31 bits per heavy atom. The van der Waals surface area contributed by atoms with Crippen molar-refractivity contribution in [2.24, 2.45) is 5.92 Å². The van der Waals surface area contributed by atoms with Gasteiger partial charge in [0, 0.05) is 37.4 Å². The fourth-order valence-electron chi connectivity index (χ4n) is 4.26. The van der Waals surface area contributed by atoms with Gasteiger partial charge in [0.1, 0.15) is 11.6 Å². The van der Waals surface area contributed by atoms with Gasteiger partial charge in [0.05, 0.1) is 5.69 Å². The number of benzene rings is 1. The Morgan fingerprint density at radius 1 is 1.46 bits per heavy atom. The fourth-order valence-corrected chi connectivity index (χ4v) is 4.26. The van der Waals surface area contributed by atoms with E-state index in [9.17, 15) is 9.50 Å². The fraction of sp³-hybridized carbons (Fsp3) is 0.526. The van der Waals surface area contributed by atoms with E-state index >= 15 is 0 Å². The minimum absolute atomic E-state index is 0.250. The van der Waals surface area contributed by atoms with Gasteiger partial charge in [0.2, 0.25) is 0 Å². The van der Waals surface area contributed by atoms with Gasteiger partial charge >= 0.3 is 0 Å². The van der Waals surface area contributed by atoms with E-state index in [2.05, 4.69) is 10.4 Å². The molecule has 0 saturated carbocycles. The Kier molecular flexibility index (Phi) is 4.58. The second kappa shape index (κ2) is 6.89. The van der Waals surface area contributed by atoms with Crippen LogP contribution in [0.1, 0.15) is 41.8 Å². The van der Waals surface area contributed by atoms with Crippen LogP contribution < -0.4 is 11.1 Å². The highest BCUT2D eigenvalue weighted by Gasteiger charge is 2.33. The molecule has 26 heavy (non-hydrogen) atoms. The average Bonchev–Trinajstić information content (AvgIpc) is 2.97. The monoisotopic (exact) mass is 360 g/mol. The lowest BCUT2D eigenvalue weighted by molar-refractivity contribution is 0.0600. The Morgan fingerprint density at radius 3 is 3.12 bits per heavy atom. The summed E-state index contributed by atoms with van der Waals surface area (Å²) >= 11 is 0. The average molecular weight is 360 g/mol.